The molecule has 1 amide bonds. The summed E-state index contributed by atoms with van der Waals surface area (Å²) in [4.78, 5) is 34.0. The molecule has 2 aliphatic rings. The molecule has 0 spiro atoms. The zero-order chi connectivity index (χ0) is 22.8. The number of amides is 1. The number of Topliss-reactive ketones (excluding diaryl/α,β-unsaturated/α-hetero) is 1. The molecule has 1 aromatic heterocycles. The first-order valence-corrected chi connectivity index (χ1v) is 10.9. The van der Waals surface area contributed by atoms with Crippen molar-refractivity contribution in [1.29, 1.82) is 0 Å². The molecule has 32 heavy (non-hydrogen) atoms. The topological polar surface area (TPSA) is 74.7 Å². The summed E-state index contributed by atoms with van der Waals surface area (Å²) >= 11 is 0. The molecule has 6 nitrogen and oxygen atoms in total. The van der Waals surface area contributed by atoms with Gasteiger partial charge in [-0.15, -0.1) is 0 Å². The van der Waals surface area contributed by atoms with Crippen LogP contribution >= 0.6 is 0 Å². The maximum absolute atomic E-state index is 15.1. The van der Waals surface area contributed by atoms with Crippen LogP contribution in [0.15, 0.2) is 29.3 Å². The number of nitrogens with one attached hydrogen (secondary N) is 1. The number of aromatic nitrogens is 1. The average Bonchev–Trinajstić information content (AvgIpc) is 2.81. The van der Waals surface area contributed by atoms with Gasteiger partial charge in [-0.05, 0) is 50.4 Å². The van der Waals surface area contributed by atoms with Gasteiger partial charge in [0, 0.05) is 36.7 Å². The van der Waals surface area contributed by atoms with E-state index in [1.807, 2.05) is 6.92 Å². The number of benzene rings is 1. The molecule has 0 bridgehead atoms. The fourth-order valence-electron chi connectivity index (χ4n) is 4.45. The molecule has 4 rings (SSSR count). The highest BCUT2D eigenvalue weighted by atomic mass is 19.1. The smallest absolute Gasteiger partial charge is 0.269 e. The van der Waals surface area contributed by atoms with Crippen LogP contribution in [0.1, 0.15) is 59.3 Å². The maximum Gasteiger partial charge on any atom is 0.269 e. The van der Waals surface area contributed by atoms with Crippen LogP contribution in [0.4, 0.5) is 14.5 Å². The highest BCUT2D eigenvalue weighted by Crippen LogP contribution is 2.33. The van der Waals surface area contributed by atoms with Crippen LogP contribution in [0.2, 0.25) is 0 Å². The van der Waals surface area contributed by atoms with Crippen molar-refractivity contribution in [2.45, 2.75) is 45.1 Å². The number of carbonyl (C=O) groups is 2. The normalized spacial score (nSPS) is 17.1. The zero-order valence-corrected chi connectivity index (χ0v) is 18.3. The van der Waals surface area contributed by atoms with Crippen LogP contribution < -0.4 is 5.32 Å². The van der Waals surface area contributed by atoms with E-state index >= 15 is 4.39 Å². The van der Waals surface area contributed by atoms with Crippen LogP contribution in [0.5, 0.6) is 0 Å². The van der Waals surface area contributed by atoms with Gasteiger partial charge < -0.3 is 5.32 Å². The molecule has 0 saturated carbocycles. The van der Waals surface area contributed by atoms with Crippen molar-refractivity contribution < 1.29 is 18.4 Å². The molecule has 1 fully saturated rings. The van der Waals surface area contributed by atoms with Crippen LogP contribution in [0, 0.1) is 11.8 Å². The van der Waals surface area contributed by atoms with E-state index in [9.17, 15) is 14.0 Å². The lowest BCUT2D eigenvalue weighted by atomic mass is 9.89. The molecular weight excluding hydrogens is 414 g/mol. The molecule has 0 unspecified atom stereocenters. The Morgan fingerprint density at radius 3 is 2.59 bits per heavy atom. The largest absolute Gasteiger partial charge is 0.354 e. The molecule has 2 aliphatic heterocycles. The molecular formula is C24H26F2N4O2. The Labute approximate surface area is 185 Å². The first-order valence-electron chi connectivity index (χ1n) is 10.9. The van der Waals surface area contributed by atoms with E-state index in [2.05, 4.69) is 20.2 Å². The second-order valence-corrected chi connectivity index (χ2v) is 8.25. The van der Waals surface area contributed by atoms with Crippen molar-refractivity contribution in [3.63, 3.8) is 0 Å². The second-order valence-electron chi connectivity index (χ2n) is 8.25. The first-order chi connectivity index (χ1) is 15.4. The van der Waals surface area contributed by atoms with Gasteiger partial charge in [0.25, 0.3) is 5.91 Å². The standard InChI is InChI=1S/C24H26F2N4O2/c1-3-18-21(31)12-17-19(28-18)6-4-15(22(17)25)13-30-10-8-14(9-11-30)16-5-7-20(24(32)27-2)29-23(16)26/h4-7,14H,3,8-13H2,1-2H3,(H,27,32). The summed E-state index contributed by atoms with van der Waals surface area (Å²) in [6, 6.07) is 6.71. The number of carbonyl (C=O) groups excluding carboxylic acids is 2. The summed E-state index contributed by atoms with van der Waals surface area (Å²) in [5, 5.41) is 2.44. The van der Waals surface area contributed by atoms with E-state index in [0.29, 0.717) is 67.0 Å². The molecule has 1 N–H and O–H groups in total. The Bertz CT molecular complexity index is 1090. The van der Waals surface area contributed by atoms with Gasteiger partial charge in [0.2, 0.25) is 5.95 Å². The van der Waals surface area contributed by atoms with Gasteiger partial charge in [-0.25, -0.2) is 14.4 Å². The van der Waals surface area contributed by atoms with Gasteiger partial charge >= 0.3 is 0 Å². The number of nitrogens with zero attached hydrogens (tertiary/aromatic N) is 3. The summed E-state index contributed by atoms with van der Waals surface area (Å²) in [5.74, 6) is -1.49. The van der Waals surface area contributed by atoms with Gasteiger partial charge in [-0.1, -0.05) is 19.1 Å². The lowest BCUT2D eigenvalue weighted by Gasteiger charge is -2.32. The minimum absolute atomic E-state index is 0.00490. The van der Waals surface area contributed by atoms with Gasteiger partial charge in [0.05, 0.1) is 11.4 Å². The molecule has 168 valence electrons. The van der Waals surface area contributed by atoms with E-state index in [1.165, 1.54) is 7.05 Å². The predicted molar refractivity (Wildman–Crippen MR) is 117 cm³/mol. The summed E-state index contributed by atoms with van der Waals surface area (Å²) in [7, 11) is 1.48. The SMILES string of the molecule is CCC1=Nc2ccc(CN3CCC(c4ccc(C(=O)NC)nc4F)CC3)c(F)c2CC1=O. The lowest BCUT2D eigenvalue weighted by molar-refractivity contribution is -0.112. The summed E-state index contributed by atoms with van der Waals surface area (Å²) in [5.41, 5.74) is 2.54. The van der Waals surface area contributed by atoms with Gasteiger partial charge in [-0.3, -0.25) is 14.5 Å². The number of likely N-dealkylation sites (tertiary alicyclic amines) is 1. The third kappa shape index (κ3) is 4.32. The Morgan fingerprint density at radius 1 is 1.19 bits per heavy atom. The Kier molecular flexibility index (Phi) is 6.41. The number of rotatable bonds is 5. The maximum atomic E-state index is 15.1. The van der Waals surface area contributed by atoms with Gasteiger partial charge in [-0.2, -0.15) is 4.39 Å². The third-order valence-electron chi connectivity index (χ3n) is 6.31. The van der Waals surface area contributed by atoms with E-state index in [0.717, 1.165) is 0 Å². The van der Waals surface area contributed by atoms with E-state index in [-0.39, 0.29) is 29.6 Å². The minimum atomic E-state index is -0.609. The van der Waals surface area contributed by atoms with Crippen molar-refractivity contribution in [3.8, 4) is 0 Å². The zero-order valence-electron chi connectivity index (χ0n) is 18.3. The minimum Gasteiger partial charge on any atom is -0.354 e. The third-order valence-corrected chi connectivity index (χ3v) is 6.31. The van der Waals surface area contributed by atoms with E-state index in [1.54, 1.807) is 24.3 Å². The van der Waals surface area contributed by atoms with Crippen LogP contribution in [-0.4, -0.2) is 47.4 Å². The first kappa shape index (κ1) is 22.2. The Balaban J connectivity index is 1.42. The quantitative estimate of drug-likeness (QED) is 0.720. The van der Waals surface area contributed by atoms with Crippen LogP contribution in [0.25, 0.3) is 0 Å². The lowest BCUT2D eigenvalue weighted by Crippen LogP contribution is -2.33. The number of aliphatic imine (C=N–C) groups is 1. The fourth-order valence-corrected chi connectivity index (χ4v) is 4.45. The molecule has 0 atom stereocenters. The van der Waals surface area contributed by atoms with Crippen molar-refractivity contribution in [2.24, 2.45) is 4.99 Å². The summed E-state index contributed by atoms with van der Waals surface area (Å²) in [6.07, 6.45) is 2.03. The monoisotopic (exact) mass is 440 g/mol. The average molecular weight is 440 g/mol. The second kappa shape index (κ2) is 9.24. The van der Waals surface area contributed by atoms with Crippen molar-refractivity contribution in [1.82, 2.24) is 15.2 Å². The number of hydrogen-bond acceptors (Lipinski definition) is 5. The van der Waals surface area contributed by atoms with Crippen molar-refractivity contribution >= 4 is 23.1 Å². The molecule has 0 aliphatic carbocycles. The number of halogens is 2. The number of fused-ring (bicyclic) bond motifs is 1. The summed E-state index contributed by atoms with van der Waals surface area (Å²) < 4.78 is 29.6. The highest BCUT2D eigenvalue weighted by Gasteiger charge is 2.27. The molecule has 8 heteroatoms. The fraction of sp³-hybridized carbons (Fsp3) is 0.417. The van der Waals surface area contributed by atoms with Crippen molar-refractivity contribution in [2.75, 3.05) is 20.1 Å². The molecule has 3 heterocycles. The number of hydrogen-bond donors (Lipinski definition) is 1. The van der Waals surface area contributed by atoms with E-state index < -0.39 is 11.9 Å². The van der Waals surface area contributed by atoms with Gasteiger partial charge in [0.15, 0.2) is 5.78 Å². The number of ketones is 1. The Morgan fingerprint density at radius 2 is 1.94 bits per heavy atom. The molecule has 1 aromatic carbocycles. The molecule has 0 radical (unpaired) electrons. The molecule has 2 aromatic rings. The highest BCUT2D eigenvalue weighted by molar-refractivity contribution is 6.41. The van der Waals surface area contributed by atoms with E-state index in [4.69, 9.17) is 0 Å². The van der Waals surface area contributed by atoms with Crippen molar-refractivity contribution in [3.05, 3.63) is 58.4 Å². The number of pyridine rings is 1. The Hall–Kier alpha value is -3.00. The summed E-state index contributed by atoms with van der Waals surface area (Å²) in [6.45, 7) is 3.68. The van der Waals surface area contributed by atoms with Crippen LogP contribution in [0.3, 0.4) is 0 Å². The number of piperidine rings is 1. The van der Waals surface area contributed by atoms with Crippen LogP contribution in [-0.2, 0) is 17.8 Å². The predicted octanol–water partition coefficient (Wildman–Crippen LogP) is 3.71. The van der Waals surface area contributed by atoms with Gasteiger partial charge in [0.1, 0.15) is 11.5 Å². The molecule has 1 saturated heterocycles.